The van der Waals surface area contributed by atoms with Crippen LogP contribution in [0, 0.1) is 0 Å². The molecular weight excluding hydrogens is 254 g/mol. The molecule has 0 spiro atoms. The Kier molecular flexibility index (Phi) is 3.27. The Bertz CT molecular complexity index is 612. The molecule has 1 unspecified atom stereocenters. The van der Waals surface area contributed by atoms with Crippen molar-refractivity contribution < 1.29 is 8.42 Å². The minimum Gasteiger partial charge on any atom is -0.393 e. The predicted molar refractivity (Wildman–Crippen MR) is 70.4 cm³/mol. The number of aromatic nitrogens is 2. The minimum atomic E-state index is -3.01. The number of sulfone groups is 1. The summed E-state index contributed by atoms with van der Waals surface area (Å²) < 4.78 is 26.2. The summed E-state index contributed by atoms with van der Waals surface area (Å²) in [5.41, 5.74) is 6.61. The van der Waals surface area contributed by atoms with Crippen molar-refractivity contribution in [2.24, 2.45) is 7.05 Å². The van der Waals surface area contributed by atoms with Gasteiger partial charge in [-0.3, -0.25) is 9.48 Å². The maximum Gasteiger partial charge on any atom is 0.290 e. The van der Waals surface area contributed by atoms with Gasteiger partial charge in [-0.1, -0.05) is 13.3 Å². The third-order valence-electron chi connectivity index (χ3n) is 3.50. The van der Waals surface area contributed by atoms with E-state index in [4.69, 9.17) is 5.73 Å². The Morgan fingerprint density at radius 1 is 1.44 bits per heavy atom. The van der Waals surface area contributed by atoms with Crippen LogP contribution in [0.3, 0.4) is 0 Å². The zero-order chi connectivity index (χ0) is 13.5. The second kappa shape index (κ2) is 4.46. The number of hydrogen-bond acceptors (Lipinski definition) is 4. The highest BCUT2D eigenvalue weighted by atomic mass is 32.2. The molecule has 1 aromatic rings. The lowest BCUT2D eigenvalue weighted by Crippen LogP contribution is -2.28. The first-order valence-electron chi connectivity index (χ1n) is 6.13. The highest BCUT2D eigenvalue weighted by Crippen LogP contribution is 2.24. The summed E-state index contributed by atoms with van der Waals surface area (Å²) in [5.74, 6) is 0.189. The summed E-state index contributed by atoms with van der Waals surface area (Å²) in [7, 11) is -1.24. The summed E-state index contributed by atoms with van der Waals surface area (Å²) in [6.07, 6.45) is 2.11. The third kappa shape index (κ3) is 2.07. The van der Waals surface area contributed by atoms with Crippen molar-refractivity contribution in [3.05, 3.63) is 16.0 Å². The first-order valence-corrected chi connectivity index (χ1v) is 7.95. The minimum absolute atomic E-state index is 0.0375. The van der Waals surface area contributed by atoms with E-state index in [1.165, 1.54) is 4.68 Å². The molecule has 1 fully saturated rings. The smallest absolute Gasteiger partial charge is 0.290 e. The molecule has 6 nitrogen and oxygen atoms in total. The summed E-state index contributed by atoms with van der Waals surface area (Å²) in [6.45, 7) is 2.02. The summed E-state index contributed by atoms with van der Waals surface area (Å²) >= 11 is 0. The zero-order valence-corrected chi connectivity index (χ0v) is 11.5. The highest BCUT2D eigenvalue weighted by Gasteiger charge is 2.32. The molecule has 1 aliphatic rings. The molecular formula is C11H19N3O3S. The van der Waals surface area contributed by atoms with Gasteiger partial charge in [0.2, 0.25) is 0 Å². The van der Waals surface area contributed by atoms with Gasteiger partial charge in [0, 0.05) is 7.05 Å². The van der Waals surface area contributed by atoms with Crippen LogP contribution in [0.15, 0.2) is 4.79 Å². The SMILES string of the molecule is CCCc1c(N)c(=O)n(C2CCS(=O)(=O)C2)n1C. The molecule has 0 saturated carbocycles. The molecule has 0 amide bonds. The Morgan fingerprint density at radius 2 is 2.11 bits per heavy atom. The van der Waals surface area contributed by atoms with Gasteiger partial charge in [-0.15, -0.1) is 0 Å². The van der Waals surface area contributed by atoms with Crippen LogP contribution in [0.1, 0.15) is 31.5 Å². The molecule has 0 aliphatic carbocycles. The second-order valence-corrected chi connectivity index (χ2v) is 7.07. The molecule has 2 N–H and O–H groups in total. The number of anilines is 1. The van der Waals surface area contributed by atoms with E-state index in [9.17, 15) is 13.2 Å². The first-order chi connectivity index (χ1) is 8.37. The topological polar surface area (TPSA) is 87.1 Å². The maximum absolute atomic E-state index is 12.1. The van der Waals surface area contributed by atoms with Gasteiger partial charge in [-0.2, -0.15) is 0 Å². The Morgan fingerprint density at radius 3 is 2.61 bits per heavy atom. The molecule has 7 heteroatoms. The molecule has 1 saturated heterocycles. The molecule has 0 aromatic carbocycles. The summed E-state index contributed by atoms with van der Waals surface area (Å²) in [6, 6.07) is -0.277. The van der Waals surface area contributed by atoms with E-state index in [0.29, 0.717) is 6.42 Å². The van der Waals surface area contributed by atoms with Gasteiger partial charge in [0.25, 0.3) is 5.56 Å². The van der Waals surface area contributed by atoms with E-state index in [1.807, 2.05) is 6.92 Å². The van der Waals surface area contributed by atoms with Crippen LogP contribution >= 0.6 is 0 Å². The van der Waals surface area contributed by atoms with Crippen LogP contribution in [0.5, 0.6) is 0 Å². The fourth-order valence-corrected chi connectivity index (χ4v) is 4.29. The lowest BCUT2D eigenvalue weighted by atomic mass is 10.2. The number of nitrogens with zero attached hydrogens (tertiary/aromatic N) is 2. The van der Waals surface area contributed by atoms with E-state index >= 15 is 0 Å². The van der Waals surface area contributed by atoms with Gasteiger partial charge in [-0.25, -0.2) is 13.1 Å². The fourth-order valence-electron chi connectivity index (χ4n) is 2.60. The van der Waals surface area contributed by atoms with Gasteiger partial charge in [0.1, 0.15) is 5.69 Å². The molecule has 0 radical (unpaired) electrons. The van der Waals surface area contributed by atoms with E-state index < -0.39 is 9.84 Å². The molecule has 1 aromatic heterocycles. The van der Waals surface area contributed by atoms with Crippen molar-refractivity contribution in [3.63, 3.8) is 0 Å². The molecule has 102 valence electrons. The second-order valence-electron chi connectivity index (χ2n) is 4.84. The molecule has 18 heavy (non-hydrogen) atoms. The monoisotopic (exact) mass is 273 g/mol. The van der Waals surface area contributed by atoms with Crippen molar-refractivity contribution in [3.8, 4) is 0 Å². The van der Waals surface area contributed by atoms with E-state index in [2.05, 4.69) is 0 Å². The number of nitrogen functional groups attached to an aromatic ring is 1. The molecule has 2 rings (SSSR count). The zero-order valence-electron chi connectivity index (χ0n) is 10.7. The largest absolute Gasteiger partial charge is 0.393 e. The van der Waals surface area contributed by atoms with Crippen molar-refractivity contribution in [1.82, 2.24) is 9.36 Å². The van der Waals surface area contributed by atoms with Crippen LogP contribution in [0.4, 0.5) is 5.69 Å². The van der Waals surface area contributed by atoms with Crippen molar-refractivity contribution >= 4 is 15.5 Å². The lowest BCUT2D eigenvalue weighted by molar-refractivity contribution is 0.409. The number of hydrogen-bond donors (Lipinski definition) is 1. The Labute approximate surface area is 106 Å². The molecule has 1 atom stereocenters. The van der Waals surface area contributed by atoms with Crippen LogP contribution < -0.4 is 11.3 Å². The van der Waals surface area contributed by atoms with Gasteiger partial charge >= 0.3 is 0 Å². The average Bonchev–Trinajstić information content (AvgIpc) is 2.73. The van der Waals surface area contributed by atoms with Crippen molar-refractivity contribution in [2.45, 2.75) is 32.2 Å². The van der Waals surface area contributed by atoms with Crippen LogP contribution in [0.2, 0.25) is 0 Å². The van der Waals surface area contributed by atoms with Crippen LogP contribution in [-0.2, 0) is 23.3 Å². The highest BCUT2D eigenvalue weighted by molar-refractivity contribution is 7.91. The van der Waals surface area contributed by atoms with Crippen molar-refractivity contribution in [2.75, 3.05) is 17.2 Å². The number of rotatable bonds is 3. The Hall–Kier alpha value is -1.24. The predicted octanol–water partition coefficient (Wildman–Crippen LogP) is 0.0811. The normalized spacial score (nSPS) is 22.4. The van der Waals surface area contributed by atoms with E-state index in [-0.39, 0.29) is 28.8 Å². The summed E-state index contributed by atoms with van der Waals surface area (Å²) in [5, 5.41) is 0. The molecule has 0 bridgehead atoms. The van der Waals surface area contributed by atoms with E-state index in [0.717, 1.165) is 18.5 Å². The van der Waals surface area contributed by atoms with Crippen LogP contribution in [-0.4, -0.2) is 29.3 Å². The third-order valence-corrected chi connectivity index (χ3v) is 5.25. The molecule has 2 heterocycles. The average molecular weight is 273 g/mol. The van der Waals surface area contributed by atoms with Crippen LogP contribution in [0.25, 0.3) is 0 Å². The van der Waals surface area contributed by atoms with Gasteiger partial charge in [0.05, 0.1) is 23.2 Å². The van der Waals surface area contributed by atoms with Gasteiger partial charge < -0.3 is 5.73 Å². The van der Waals surface area contributed by atoms with Gasteiger partial charge in [-0.05, 0) is 12.8 Å². The summed E-state index contributed by atoms with van der Waals surface area (Å²) in [4.78, 5) is 12.1. The lowest BCUT2D eigenvalue weighted by Gasteiger charge is -2.14. The van der Waals surface area contributed by atoms with E-state index in [1.54, 1.807) is 11.7 Å². The molecule has 1 aliphatic heterocycles. The van der Waals surface area contributed by atoms with Gasteiger partial charge in [0.15, 0.2) is 9.84 Å². The standard InChI is InChI=1S/C11H19N3O3S/c1-3-4-9-10(12)11(15)14(13(9)2)8-5-6-18(16,17)7-8/h8H,3-7,12H2,1-2H3. The fraction of sp³-hybridized carbons (Fsp3) is 0.727. The Balaban J connectivity index is 2.47. The quantitative estimate of drug-likeness (QED) is 0.845. The van der Waals surface area contributed by atoms with Crippen molar-refractivity contribution in [1.29, 1.82) is 0 Å². The maximum atomic E-state index is 12.1. The first kappa shape index (κ1) is 13.2. The number of nitrogens with two attached hydrogens (primary N) is 1.